The first kappa shape index (κ1) is 14.0. The van der Waals surface area contributed by atoms with E-state index < -0.39 is 0 Å². The van der Waals surface area contributed by atoms with Gasteiger partial charge in [-0.1, -0.05) is 23.7 Å². The maximum absolute atomic E-state index is 12.3. The Bertz CT molecular complexity index is 697. The fourth-order valence-corrected chi connectivity index (χ4v) is 2.66. The van der Waals surface area contributed by atoms with Gasteiger partial charge in [-0.05, 0) is 55.2 Å². The predicted octanol–water partition coefficient (Wildman–Crippen LogP) is 4.26. The minimum absolute atomic E-state index is 0.146. The lowest BCUT2D eigenvalue weighted by Gasteiger charge is -2.19. The molecule has 2 aromatic carbocycles. The molecule has 21 heavy (non-hydrogen) atoms. The second-order valence-corrected chi connectivity index (χ2v) is 5.73. The molecule has 1 heterocycles. The molecule has 3 rings (SSSR count). The van der Waals surface area contributed by atoms with Gasteiger partial charge in [0.15, 0.2) is 0 Å². The van der Waals surface area contributed by atoms with E-state index in [2.05, 4.69) is 16.7 Å². The maximum Gasteiger partial charge on any atom is 0.255 e. The van der Waals surface area contributed by atoms with Crippen LogP contribution in [0.25, 0.3) is 0 Å². The van der Waals surface area contributed by atoms with Crippen molar-refractivity contribution in [3.8, 4) is 0 Å². The molecule has 2 N–H and O–H groups in total. The molecule has 4 heteroatoms. The molecule has 0 unspecified atom stereocenters. The second-order valence-electron chi connectivity index (χ2n) is 5.32. The van der Waals surface area contributed by atoms with Crippen molar-refractivity contribution >= 4 is 28.9 Å². The van der Waals surface area contributed by atoms with E-state index in [0.717, 1.165) is 36.3 Å². The van der Waals surface area contributed by atoms with E-state index in [9.17, 15) is 4.79 Å². The monoisotopic (exact) mass is 300 g/mol. The second kappa shape index (κ2) is 5.78. The Kier molecular flexibility index (Phi) is 3.84. The van der Waals surface area contributed by atoms with Crippen LogP contribution in [0, 0.1) is 6.92 Å². The average molecular weight is 301 g/mol. The van der Waals surface area contributed by atoms with Crippen LogP contribution >= 0.6 is 11.6 Å². The highest BCUT2D eigenvalue weighted by Gasteiger charge is 2.11. The Morgan fingerprint density at radius 2 is 2.10 bits per heavy atom. The Hall–Kier alpha value is -2.00. The van der Waals surface area contributed by atoms with Crippen LogP contribution < -0.4 is 10.6 Å². The van der Waals surface area contributed by atoms with Crippen molar-refractivity contribution < 1.29 is 4.79 Å². The number of rotatable bonds is 2. The number of carbonyl (C=O) groups excluding carboxylic acids is 1. The maximum atomic E-state index is 12.3. The van der Waals surface area contributed by atoms with Crippen molar-refractivity contribution in [2.45, 2.75) is 19.8 Å². The van der Waals surface area contributed by atoms with Gasteiger partial charge < -0.3 is 10.6 Å². The van der Waals surface area contributed by atoms with Crippen molar-refractivity contribution in [2.24, 2.45) is 0 Å². The fraction of sp³-hybridized carbons (Fsp3) is 0.235. The normalized spacial score (nSPS) is 13.2. The number of hydrogen-bond donors (Lipinski definition) is 2. The lowest BCUT2D eigenvalue weighted by Crippen LogP contribution is -2.14. The molecular weight excluding hydrogens is 284 g/mol. The van der Waals surface area contributed by atoms with Crippen LogP contribution in [0.2, 0.25) is 5.02 Å². The third-order valence-electron chi connectivity index (χ3n) is 3.74. The smallest absolute Gasteiger partial charge is 0.255 e. The molecule has 0 radical (unpaired) electrons. The number of halogens is 1. The molecule has 0 fully saturated rings. The predicted molar refractivity (Wildman–Crippen MR) is 87.4 cm³/mol. The zero-order chi connectivity index (χ0) is 14.8. The molecule has 3 nitrogen and oxygen atoms in total. The van der Waals surface area contributed by atoms with Gasteiger partial charge in [-0.25, -0.2) is 0 Å². The average Bonchev–Trinajstić information content (AvgIpc) is 2.50. The van der Waals surface area contributed by atoms with Crippen molar-refractivity contribution in [1.29, 1.82) is 0 Å². The number of fused-ring (bicyclic) bond motifs is 1. The number of hydrogen-bond acceptors (Lipinski definition) is 2. The van der Waals surface area contributed by atoms with Gasteiger partial charge in [0.1, 0.15) is 0 Å². The molecule has 2 aromatic rings. The zero-order valence-electron chi connectivity index (χ0n) is 11.9. The standard InChI is InChI=1S/C17H17ClN2O/c1-11-4-5-13(9-15(11)18)17(21)20-14-7-6-12-3-2-8-19-16(12)10-14/h4-7,9-10,19H,2-3,8H2,1H3,(H,20,21). The Morgan fingerprint density at radius 1 is 1.24 bits per heavy atom. The van der Waals surface area contributed by atoms with Crippen LogP contribution in [-0.4, -0.2) is 12.5 Å². The third-order valence-corrected chi connectivity index (χ3v) is 4.15. The van der Waals surface area contributed by atoms with Gasteiger partial charge in [0.2, 0.25) is 0 Å². The minimum atomic E-state index is -0.146. The van der Waals surface area contributed by atoms with Gasteiger partial charge in [0.05, 0.1) is 0 Å². The van der Waals surface area contributed by atoms with Crippen LogP contribution in [0.1, 0.15) is 27.9 Å². The third kappa shape index (κ3) is 3.03. The van der Waals surface area contributed by atoms with Crippen LogP contribution in [-0.2, 0) is 6.42 Å². The van der Waals surface area contributed by atoms with E-state index in [1.54, 1.807) is 12.1 Å². The number of aryl methyl sites for hydroxylation is 2. The van der Waals surface area contributed by atoms with Crippen LogP contribution in [0.15, 0.2) is 36.4 Å². The SMILES string of the molecule is Cc1ccc(C(=O)Nc2ccc3c(c2)NCCC3)cc1Cl. The van der Waals surface area contributed by atoms with Crippen LogP contribution in [0.4, 0.5) is 11.4 Å². The number of nitrogens with one attached hydrogen (secondary N) is 2. The first-order valence-electron chi connectivity index (χ1n) is 7.08. The van der Waals surface area contributed by atoms with Crippen molar-refractivity contribution in [1.82, 2.24) is 0 Å². The summed E-state index contributed by atoms with van der Waals surface area (Å²) in [5.74, 6) is -0.146. The number of carbonyl (C=O) groups is 1. The molecule has 0 bridgehead atoms. The van der Waals surface area contributed by atoms with E-state index >= 15 is 0 Å². The van der Waals surface area contributed by atoms with E-state index in [1.807, 2.05) is 25.1 Å². The summed E-state index contributed by atoms with van der Waals surface area (Å²) in [6.45, 7) is 2.90. The van der Waals surface area contributed by atoms with E-state index in [0.29, 0.717) is 10.6 Å². The molecule has 0 atom stereocenters. The summed E-state index contributed by atoms with van der Waals surface area (Å²) in [5, 5.41) is 6.88. The molecular formula is C17H17ClN2O. The number of anilines is 2. The molecule has 0 saturated heterocycles. The van der Waals surface area contributed by atoms with E-state index in [1.165, 1.54) is 5.56 Å². The van der Waals surface area contributed by atoms with Gasteiger partial charge >= 0.3 is 0 Å². The van der Waals surface area contributed by atoms with Gasteiger partial charge in [-0.15, -0.1) is 0 Å². The van der Waals surface area contributed by atoms with Gasteiger partial charge in [0, 0.05) is 28.5 Å². The summed E-state index contributed by atoms with van der Waals surface area (Å²) in [4.78, 5) is 12.3. The van der Waals surface area contributed by atoms with E-state index in [4.69, 9.17) is 11.6 Å². The van der Waals surface area contributed by atoms with Crippen molar-refractivity contribution in [3.63, 3.8) is 0 Å². The van der Waals surface area contributed by atoms with Crippen LogP contribution in [0.3, 0.4) is 0 Å². The lowest BCUT2D eigenvalue weighted by molar-refractivity contribution is 0.102. The Labute approximate surface area is 129 Å². The molecule has 1 amide bonds. The summed E-state index contributed by atoms with van der Waals surface area (Å²) in [6, 6.07) is 11.3. The van der Waals surface area contributed by atoms with Crippen molar-refractivity contribution in [3.05, 3.63) is 58.1 Å². The summed E-state index contributed by atoms with van der Waals surface area (Å²) < 4.78 is 0. The molecule has 0 aliphatic carbocycles. The van der Waals surface area contributed by atoms with Gasteiger partial charge in [-0.2, -0.15) is 0 Å². The molecule has 108 valence electrons. The zero-order valence-corrected chi connectivity index (χ0v) is 12.6. The highest BCUT2D eigenvalue weighted by Crippen LogP contribution is 2.26. The number of amides is 1. The summed E-state index contributed by atoms with van der Waals surface area (Å²) in [6.07, 6.45) is 2.24. The first-order valence-corrected chi connectivity index (χ1v) is 7.45. The lowest BCUT2D eigenvalue weighted by atomic mass is 10.0. The molecule has 1 aliphatic heterocycles. The molecule has 1 aliphatic rings. The molecule has 0 spiro atoms. The van der Waals surface area contributed by atoms with Gasteiger partial charge in [-0.3, -0.25) is 4.79 Å². The minimum Gasteiger partial charge on any atom is -0.385 e. The molecule has 0 aromatic heterocycles. The summed E-state index contributed by atoms with van der Waals surface area (Å²) in [7, 11) is 0. The van der Waals surface area contributed by atoms with Crippen LogP contribution in [0.5, 0.6) is 0 Å². The Balaban J connectivity index is 1.79. The summed E-state index contributed by atoms with van der Waals surface area (Å²) in [5.41, 5.74) is 4.74. The number of benzene rings is 2. The highest BCUT2D eigenvalue weighted by atomic mass is 35.5. The fourth-order valence-electron chi connectivity index (χ4n) is 2.48. The van der Waals surface area contributed by atoms with Gasteiger partial charge in [0.25, 0.3) is 5.91 Å². The van der Waals surface area contributed by atoms with E-state index in [-0.39, 0.29) is 5.91 Å². The Morgan fingerprint density at radius 3 is 2.90 bits per heavy atom. The van der Waals surface area contributed by atoms with Crippen molar-refractivity contribution in [2.75, 3.05) is 17.2 Å². The highest BCUT2D eigenvalue weighted by molar-refractivity contribution is 6.31. The topological polar surface area (TPSA) is 41.1 Å². The quantitative estimate of drug-likeness (QED) is 0.870. The largest absolute Gasteiger partial charge is 0.385 e. The first-order chi connectivity index (χ1) is 10.1. The molecule has 0 saturated carbocycles. The summed E-state index contributed by atoms with van der Waals surface area (Å²) >= 11 is 6.07.